The van der Waals surface area contributed by atoms with Gasteiger partial charge in [0, 0.05) is 19.2 Å². The molecule has 1 atom stereocenters. The third-order valence-electron chi connectivity index (χ3n) is 3.75. The molecule has 0 radical (unpaired) electrons. The van der Waals surface area contributed by atoms with Gasteiger partial charge >= 0.3 is 0 Å². The minimum absolute atomic E-state index is 0.0635. The van der Waals surface area contributed by atoms with Gasteiger partial charge in [0.05, 0.1) is 12.0 Å². The van der Waals surface area contributed by atoms with Crippen LogP contribution >= 0.6 is 0 Å². The van der Waals surface area contributed by atoms with E-state index < -0.39 is 0 Å². The second kappa shape index (κ2) is 6.37. The number of amides is 1. The smallest absolute Gasteiger partial charge is 0.224 e. The summed E-state index contributed by atoms with van der Waals surface area (Å²) in [6, 6.07) is 8.04. The molecule has 0 bridgehead atoms. The van der Waals surface area contributed by atoms with E-state index in [4.69, 9.17) is 10.5 Å². The van der Waals surface area contributed by atoms with Crippen LogP contribution in [0.3, 0.4) is 0 Å². The van der Waals surface area contributed by atoms with E-state index in [2.05, 4.69) is 19.2 Å². The summed E-state index contributed by atoms with van der Waals surface area (Å²) < 4.78 is 5.66. The maximum absolute atomic E-state index is 12.2. The minimum Gasteiger partial charge on any atom is -0.375 e. The molecule has 20 heavy (non-hydrogen) atoms. The first-order chi connectivity index (χ1) is 9.50. The van der Waals surface area contributed by atoms with Gasteiger partial charge in [-0.05, 0) is 37.8 Å². The van der Waals surface area contributed by atoms with E-state index in [9.17, 15) is 4.79 Å². The summed E-state index contributed by atoms with van der Waals surface area (Å²) in [4.78, 5) is 12.2. The normalized spacial score (nSPS) is 21.4. The maximum atomic E-state index is 12.2. The van der Waals surface area contributed by atoms with Crippen LogP contribution in [0.4, 0.5) is 0 Å². The molecular weight excluding hydrogens is 252 g/mol. The highest BCUT2D eigenvalue weighted by Gasteiger charge is 2.29. The fourth-order valence-electron chi connectivity index (χ4n) is 2.74. The van der Waals surface area contributed by atoms with Gasteiger partial charge in [-0.25, -0.2) is 0 Å². The van der Waals surface area contributed by atoms with E-state index in [1.165, 1.54) is 0 Å². The summed E-state index contributed by atoms with van der Waals surface area (Å²) in [6.07, 6.45) is 2.14. The molecule has 0 aromatic heterocycles. The monoisotopic (exact) mass is 276 g/mol. The third-order valence-corrected chi connectivity index (χ3v) is 3.75. The van der Waals surface area contributed by atoms with Gasteiger partial charge in [0.25, 0.3) is 0 Å². The molecule has 0 aliphatic carbocycles. The van der Waals surface area contributed by atoms with Crippen LogP contribution in [-0.2, 0) is 22.5 Å². The fraction of sp³-hybridized carbons (Fsp3) is 0.562. The number of hydrogen-bond donors (Lipinski definition) is 2. The number of hydrogen-bond acceptors (Lipinski definition) is 3. The Hall–Kier alpha value is -1.39. The number of carbonyl (C=O) groups excluding carboxylic acids is 1. The van der Waals surface area contributed by atoms with Crippen LogP contribution in [0.5, 0.6) is 0 Å². The van der Waals surface area contributed by atoms with Crippen molar-refractivity contribution in [1.29, 1.82) is 0 Å². The van der Waals surface area contributed by atoms with Gasteiger partial charge in [-0.1, -0.05) is 24.3 Å². The zero-order chi connectivity index (χ0) is 14.6. The highest BCUT2D eigenvalue weighted by molar-refractivity contribution is 5.79. The lowest BCUT2D eigenvalue weighted by atomic mass is 9.93. The topological polar surface area (TPSA) is 64.4 Å². The Morgan fingerprint density at radius 3 is 2.75 bits per heavy atom. The Labute approximate surface area is 120 Å². The summed E-state index contributed by atoms with van der Waals surface area (Å²) >= 11 is 0. The summed E-state index contributed by atoms with van der Waals surface area (Å²) in [6.45, 7) is 5.30. The Balaban J connectivity index is 1.92. The van der Waals surface area contributed by atoms with Crippen molar-refractivity contribution < 1.29 is 9.53 Å². The van der Waals surface area contributed by atoms with Crippen LogP contribution in [0, 0.1) is 0 Å². The van der Waals surface area contributed by atoms with E-state index in [1.807, 2.05) is 24.3 Å². The highest BCUT2D eigenvalue weighted by Crippen LogP contribution is 2.24. The molecule has 4 nitrogen and oxygen atoms in total. The Morgan fingerprint density at radius 1 is 1.40 bits per heavy atom. The molecule has 3 N–H and O–H groups in total. The standard InChI is InChI=1S/C16H24N2O2/c1-16(2)10-14(7-8-20-16)18-15(19)9-12-5-3-4-6-13(12)11-17/h3-6,14H,7-11,17H2,1-2H3,(H,18,19). The van der Waals surface area contributed by atoms with Crippen molar-refractivity contribution in [3.05, 3.63) is 35.4 Å². The van der Waals surface area contributed by atoms with E-state index in [1.54, 1.807) is 0 Å². The summed E-state index contributed by atoms with van der Waals surface area (Å²) in [5, 5.41) is 3.11. The zero-order valence-corrected chi connectivity index (χ0v) is 12.3. The molecule has 110 valence electrons. The number of rotatable bonds is 4. The Morgan fingerprint density at radius 2 is 2.10 bits per heavy atom. The van der Waals surface area contributed by atoms with Crippen LogP contribution in [0.2, 0.25) is 0 Å². The quantitative estimate of drug-likeness (QED) is 0.880. The predicted octanol–water partition coefficient (Wildman–Crippen LogP) is 1.76. The predicted molar refractivity (Wildman–Crippen MR) is 79.2 cm³/mol. The third kappa shape index (κ3) is 4.05. The van der Waals surface area contributed by atoms with Crippen molar-refractivity contribution in [1.82, 2.24) is 5.32 Å². The first-order valence-corrected chi connectivity index (χ1v) is 7.20. The lowest BCUT2D eigenvalue weighted by Gasteiger charge is -2.35. The molecule has 1 aliphatic heterocycles. The summed E-state index contributed by atoms with van der Waals surface area (Å²) in [5.41, 5.74) is 7.60. The molecule has 1 aromatic carbocycles. The molecule has 1 aromatic rings. The largest absolute Gasteiger partial charge is 0.375 e. The molecule has 2 rings (SSSR count). The molecule has 1 fully saturated rings. The van der Waals surface area contributed by atoms with Crippen molar-refractivity contribution in [2.45, 2.75) is 51.3 Å². The van der Waals surface area contributed by atoms with E-state index >= 15 is 0 Å². The van der Waals surface area contributed by atoms with Gasteiger partial charge in [0.1, 0.15) is 0 Å². The highest BCUT2D eigenvalue weighted by atomic mass is 16.5. The van der Waals surface area contributed by atoms with Crippen molar-refractivity contribution in [3.8, 4) is 0 Å². The van der Waals surface area contributed by atoms with Gasteiger partial charge in [0.15, 0.2) is 0 Å². The van der Waals surface area contributed by atoms with Crippen molar-refractivity contribution >= 4 is 5.91 Å². The lowest BCUT2D eigenvalue weighted by molar-refractivity contribution is -0.123. The number of carbonyl (C=O) groups is 1. The second-order valence-corrected chi connectivity index (χ2v) is 6.02. The molecule has 1 saturated heterocycles. The van der Waals surface area contributed by atoms with E-state index in [-0.39, 0.29) is 17.6 Å². The van der Waals surface area contributed by atoms with Gasteiger partial charge in [-0.2, -0.15) is 0 Å². The molecule has 0 spiro atoms. The first kappa shape index (κ1) is 15.0. The fourth-order valence-corrected chi connectivity index (χ4v) is 2.74. The van der Waals surface area contributed by atoms with Gasteiger partial charge in [-0.3, -0.25) is 4.79 Å². The maximum Gasteiger partial charge on any atom is 0.224 e. The zero-order valence-electron chi connectivity index (χ0n) is 12.3. The Bertz CT molecular complexity index is 471. The number of nitrogens with two attached hydrogens (primary N) is 1. The molecule has 4 heteroatoms. The average molecular weight is 276 g/mol. The molecule has 1 unspecified atom stereocenters. The number of benzene rings is 1. The van der Waals surface area contributed by atoms with Crippen molar-refractivity contribution in [3.63, 3.8) is 0 Å². The van der Waals surface area contributed by atoms with E-state index in [0.717, 1.165) is 24.0 Å². The SMILES string of the molecule is CC1(C)CC(NC(=O)Cc2ccccc2CN)CCO1. The first-order valence-electron chi connectivity index (χ1n) is 7.20. The number of nitrogens with one attached hydrogen (secondary N) is 1. The van der Waals surface area contributed by atoms with Crippen LogP contribution in [-0.4, -0.2) is 24.2 Å². The van der Waals surface area contributed by atoms with Crippen molar-refractivity contribution in [2.75, 3.05) is 6.61 Å². The lowest BCUT2D eigenvalue weighted by Crippen LogP contribution is -2.46. The van der Waals surface area contributed by atoms with Crippen LogP contribution in [0.15, 0.2) is 24.3 Å². The second-order valence-electron chi connectivity index (χ2n) is 6.02. The minimum atomic E-state index is -0.147. The molecule has 1 heterocycles. The molecular formula is C16H24N2O2. The summed E-state index contributed by atoms with van der Waals surface area (Å²) in [7, 11) is 0. The van der Waals surface area contributed by atoms with Gasteiger partial charge in [-0.15, -0.1) is 0 Å². The Kier molecular flexibility index (Phi) is 4.78. The van der Waals surface area contributed by atoms with Crippen LogP contribution < -0.4 is 11.1 Å². The number of ether oxygens (including phenoxy) is 1. The van der Waals surface area contributed by atoms with Gasteiger partial charge in [0.2, 0.25) is 5.91 Å². The summed E-state index contributed by atoms with van der Waals surface area (Å²) in [5.74, 6) is 0.0635. The molecule has 1 amide bonds. The molecule has 0 saturated carbocycles. The van der Waals surface area contributed by atoms with E-state index in [0.29, 0.717) is 19.6 Å². The average Bonchev–Trinajstić information content (AvgIpc) is 2.38. The van der Waals surface area contributed by atoms with Crippen LogP contribution in [0.25, 0.3) is 0 Å². The van der Waals surface area contributed by atoms with Crippen LogP contribution in [0.1, 0.15) is 37.8 Å². The molecule has 1 aliphatic rings. The van der Waals surface area contributed by atoms with Crippen molar-refractivity contribution in [2.24, 2.45) is 5.73 Å². The van der Waals surface area contributed by atoms with Gasteiger partial charge < -0.3 is 15.8 Å².